The lowest BCUT2D eigenvalue weighted by atomic mass is 9.99. The molecule has 2 heteroatoms. The second-order valence-corrected chi connectivity index (χ2v) is 5.99. The summed E-state index contributed by atoms with van der Waals surface area (Å²) in [4.78, 5) is 0. The number of thiophene rings is 1. The molecule has 0 amide bonds. The summed E-state index contributed by atoms with van der Waals surface area (Å²) in [5.41, 5.74) is 4.16. The molecule has 20 heavy (non-hydrogen) atoms. The molecule has 3 rings (SSSR count). The normalized spacial score (nSPS) is 12.7. The van der Waals surface area contributed by atoms with Gasteiger partial charge in [-0.15, -0.1) is 0 Å². The number of hydrogen-bond donors (Lipinski definition) is 1. The Bertz CT molecular complexity index is 709. The molecule has 0 aliphatic rings. The monoisotopic (exact) mass is 281 g/mol. The molecule has 0 spiro atoms. The van der Waals surface area contributed by atoms with Crippen LogP contribution in [0.25, 0.3) is 10.8 Å². The van der Waals surface area contributed by atoms with Crippen LogP contribution in [0.2, 0.25) is 0 Å². The number of rotatable bonds is 4. The fourth-order valence-electron chi connectivity index (χ4n) is 2.57. The van der Waals surface area contributed by atoms with Gasteiger partial charge >= 0.3 is 0 Å². The molecule has 1 atom stereocenters. The first-order valence-corrected chi connectivity index (χ1v) is 7.92. The van der Waals surface area contributed by atoms with Crippen LogP contribution < -0.4 is 5.32 Å². The Labute approximate surface area is 124 Å². The first kappa shape index (κ1) is 13.3. The van der Waals surface area contributed by atoms with Crippen molar-refractivity contribution in [3.05, 3.63) is 69.9 Å². The smallest absolute Gasteiger partial charge is 0.0301 e. The van der Waals surface area contributed by atoms with E-state index in [-0.39, 0.29) is 0 Å². The molecule has 0 fully saturated rings. The second-order valence-electron chi connectivity index (χ2n) is 5.25. The van der Waals surface area contributed by atoms with E-state index in [1.54, 1.807) is 11.3 Å². The molecular weight excluding hydrogens is 262 g/mol. The Morgan fingerprint density at radius 2 is 1.85 bits per heavy atom. The highest BCUT2D eigenvalue weighted by atomic mass is 32.1. The number of aryl methyl sites for hydroxylation is 1. The van der Waals surface area contributed by atoms with Gasteiger partial charge in [0.05, 0.1) is 0 Å². The number of nitrogens with one attached hydrogen (secondary N) is 1. The molecule has 102 valence electrons. The van der Waals surface area contributed by atoms with Crippen molar-refractivity contribution in [2.45, 2.75) is 26.4 Å². The average Bonchev–Trinajstić information content (AvgIpc) is 2.89. The zero-order valence-electron chi connectivity index (χ0n) is 11.9. The molecule has 3 aromatic rings. The molecule has 1 aromatic heterocycles. The van der Waals surface area contributed by atoms with Gasteiger partial charge in [0, 0.05) is 12.6 Å². The van der Waals surface area contributed by atoms with Crippen molar-refractivity contribution < 1.29 is 0 Å². The van der Waals surface area contributed by atoms with Gasteiger partial charge < -0.3 is 5.32 Å². The van der Waals surface area contributed by atoms with E-state index in [1.165, 1.54) is 27.5 Å². The lowest BCUT2D eigenvalue weighted by Crippen LogP contribution is -2.18. The quantitative estimate of drug-likeness (QED) is 0.704. The predicted molar refractivity (Wildman–Crippen MR) is 88.3 cm³/mol. The maximum atomic E-state index is 3.64. The van der Waals surface area contributed by atoms with E-state index in [9.17, 15) is 0 Å². The molecule has 0 aliphatic heterocycles. The summed E-state index contributed by atoms with van der Waals surface area (Å²) in [6.45, 7) is 5.35. The van der Waals surface area contributed by atoms with E-state index < -0.39 is 0 Å². The maximum Gasteiger partial charge on any atom is 0.0301 e. The van der Waals surface area contributed by atoms with Crippen LogP contribution in [0.3, 0.4) is 0 Å². The van der Waals surface area contributed by atoms with Crippen molar-refractivity contribution in [3.8, 4) is 0 Å². The van der Waals surface area contributed by atoms with Gasteiger partial charge in [0.15, 0.2) is 0 Å². The summed E-state index contributed by atoms with van der Waals surface area (Å²) in [5, 5.41) is 10.7. The Hall–Kier alpha value is -1.64. The van der Waals surface area contributed by atoms with Crippen LogP contribution in [0.1, 0.15) is 29.7 Å². The fourth-order valence-corrected chi connectivity index (χ4v) is 3.43. The molecule has 0 aliphatic carbocycles. The fraction of sp³-hybridized carbons (Fsp3) is 0.222. The zero-order chi connectivity index (χ0) is 13.9. The van der Waals surface area contributed by atoms with Crippen molar-refractivity contribution in [1.82, 2.24) is 5.32 Å². The summed E-state index contributed by atoms with van der Waals surface area (Å²) >= 11 is 1.78. The number of hydrogen-bond acceptors (Lipinski definition) is 2. The van der Waals surface area contributed by atoms with Crippen LogP contribution in [0.15, 0.2) is 53.2 Å². The van der Waals surface area contributed by atoms with Gasteiger partial charge in [-0.05, 0) is 52.1 Å². The highest BCUT2D eigenvalue weighted by Gasteiger charge is 2.09. The lowest BCUT2D eigenvalue weighted by molar-refractivity contribution is 0.578. The molecule has 1 nitrogen and oxygen atoms in total. The zero-order valence-corrected chi connectivity index (χ0v) is 12.7. The van der Waals surface area contributed by atoms with Gasteiger partial charge in [-0.2, -0.15) is 11.3 Å². The Morgan fingerprint density at radius 3 is 2.65 bits per heavy atom. The Morgan fingerprint density at radius 1 is 1.05 bits per heavy atom. The summed E-state index contributed by atoms with van der Waals surface area (Å²) < 4.78 is 0. The van der Waals surface area contributed by atoms with Crippen molar-refractivity contribution in [2.75, 3.05) is 0 Å². The highest BCUT2D eigenvalue weighted by Crippen LogP contribution is 2.24. The van der Waals surface area contributed by atoms with E-state index in [4.69, 9.17) is 0 Å². The maximum absolute atomic E-state index is 3.64. The molecule has 0 saturated heterocycles. The molecule has 0 radical (unpaired) electrons. The van der Waals surface area contributed by atoms with Gasteiger partial charge in [0.2, 0.25) is 0 Å². The molecule has 0 bridgehead atoms. The molecule has 1 N–H and O–H groups in total. The summed E-state index contributed by atoms with van der Waals surface area (Å²) in [5.74, 6) is 0. The largest absolute Gasteiger partial charge is 0.306 e. The third-order valence-corrected chi connectivity index (χ3v) is 4.76. The van der Waals surface area contributed by atoms with E-state index in [0.29, 0.717) is 6.04 Å². The van der Waals surface area contributed by atoms with Crippen molar-refractivity contribution in [2.24, 2.45) is 0 Å². The third-order valence-electron chi connectivity index (χ3n) is 3.85. The molecule has 0 saturated carbocycles. The topological polar surface area (TPSA) is 12.0 Å². The van der Waals surface area contributed by atoms with Crippen molar-refractivity contribution in [3.63, 3.8) is 0 Å². The molecular formula is C18H19NS. The van der Waals surface area contributed by atoms with Crippen LogP contribution in [0, 0.1) is 6.92 Å². The average molecular weight is 281 g/mol. The van der Waals surface area contributed by atoms with Gasteiger partial charge in [0.25, 0.3) is 0 Å². The standard InChI is InChI=1S/C18H19NS/c1-13-11-20-12-16(13)10-19-14(2)17-9-5-7-15-6-3-4-8-18(15)17/h3-9,11-12,14,19H,10H2,1-2H3. The van der Waals surface area contributed by atoms with Crippen LogP contribution in [0.4, 0.5) is 0 Å². The molecule has 1 unspecified atom stereocenters. The summed E-state index contributed by atoms with van der Waals surface area (Å²) in [6, 6.07) is 15.5. The lowest BCUT2D eigenvalue weighted by Gasteiger charge is -2.16. The highest BCUT2D eigenvalue weighted by molar-refractivity contribution is 7.08. The summed E-state index contributed by atoms with van der Waals surface area (Å²) in [6.07, 6.45) is 0. The SMILES string of the molecule is Cc1cscc1CNC(C)c1cccc2ccccc12. The van der Waals surface area contributed by atoms with Crippen LogP contribution in [-0.4, -0.2) is 0 Å². The Balaban J connectivity index is 1.82. The first-order valence-electron chi connectivity index (χ1n) is 6.98. The minimum atomic E-state index is 0.348. The van der Waals surface area contributed by atoms with Crippen LogP contribution in [0.5, 0.6) is 0 Å². The van der Waals surface area contributed by atoms with Crippen LogP contribution >= 0.6 is 11.3 Å². The van der Waals surface area contributed by atoms with Gasteiger partial charge in [-0.3, -0.25) is 0 Å². The third kappa shape index (κ3) is 2.62. The van der Waals surface area contributed by atoms with E-state index >= 15 is 0 Å². The van der Waals surface area contributed by atoms with Gasteiger partial charge in [-0.25, -0.2) is 0 Å². The van der Waals surface area contributed by atoms with E-state index in [2.05, 4.69) is 72.4 Å². The Kier molecular flexibility index (Phi) is 3.86. The molecule has 1 heterocycles. The predicted octanol–water partition coefficient (Wildman–Crippen LogP) is 5.06. The van der Waals surface area contributed by atoms with Crippen molar-refractivity contribution in [1.29, 1.82) is 0 Å². The van der Waals surface area contributed by atoms with Gasteiger partial charge in [-0.1, -0.05) is 42.5 Å². The summed E-state index contributed by atoms with van der Waals surface area (Å²) in [7, 11) is 0. The molecule has 2 aromatic carbocycles. The van der Waals surface area contributed by atoms with Crippen molar-refractivity contribution >= 4 is 22.1 Å². The first-order chi connectivity index (χ1) is 9.75. The minimum absolute atomic E-state index is 0.348. The minimum Gasteiger partial charge on any atom is -0.306 e. The number of benzene rings is 2. The van der Waals surface area contributed by atoms with E-state index in [0.717, 1.165) is 6.54 Å². The second kappa shape index (κ2) is 5.78. The van der Waals surface area contributed by atoms with Crippen LogP contribution in [-0.2, 0) is 6.54 Å². The van der Waals surface area contributed by atoms with Gasteiger partial charge in [0.1, 0.15) is 0 Å². The number of fused-ring (bicyclic) bond motifs is 1. The van der Waals surface area contributed by atoms with E-state index in [1.807, 2.05) is 0 Å².